The fraction of sp³-hybridized carbons (Fsp3) is 0.762. The molecule has 7 nitrogen and oxygen atoms in total. The maximum Gasteiger partial charge on any atom is 0.307 e. The van der Waals surface area contributed by atoms with Gasteiger partial charge in [0.15, 0.2) is 0 Å². The van der Waals surface area contributed by atoms with Gasteiger partial charge < -0.3 is 14.6 Å². The molecule has 2 saturated heterocycles. The van der Waals surface area contributed by atoms with Crippen molar-refractivity contribution >= 4 is 11.9 Å². The first kappa shape index (κ1) is 18.2. The minimum Gasteiger partial charge on any atom is -0.458 e. The van der Waals surface area contributed by atoms with E-state index in [1.54, 1.807) is 0 Å². The van der Waals surface area contributed by atoms with E-state index in [-0.39, 0.29) is 29.8 Å². The van der Waals surface area contributed by atoms with Crippen molar-refractivity contribution in [2.75, 3.05) is 26.2 Å². The van der Waals surface area contributed by atoms with E-state index in [0.717, 1.165) is 71.1 Å². The number of piperidine rings is 1. The summed E-state index contributed by atoms with van der Waals surface area (Å²) in [5.74, 6) is -0.353. The maximum absolute atomic E-state index is 13.4. The number of likely N-dealkylation sites (N-methyl/N-ethyl adjacent to an activating group) is 1. The molecular formula is C21H30N4O3. The molecule has 0 bridgehead atoms. The number of rotatable bonds is 2. The van der Waals surface area contributed by atoms with Gasteiger partial charge in [0.2, 0.25) is 5.91 Å². The van der Waals surface area contributed by atoms with Gasteiger partial charge in [-0.3, -0.25) is 14.5 Å². The second kappa shape index (κ2) is 6.58. The lowest BCUT2D eigenvalue weighted by molar-refractivity contribution is -0.152. The van der Waals surface area contributed by atoms with Gasteiger partial charge in [0.1, 0.15) is 5.60 Å². The number of carbonyl (C=O) groups excluding carboxylic acids is 2. The number of H-pyrrole nitrogens is 1. The van der Waals surface area contributed by atoms with Gasteiger partial charge in [-0.1, -0.05) is 6.92 Å². The average Bonchev–Trinajstić information content (AvgIpc) is 3.43. The number of likely N-dealkylation sites (tertiary alicyclic amines) is 1. The van der Waals surface area contributed by atoms with Crippen molar-refractivity contribution in [1.82, 2.24) is 19.8 Å². The Morgan fingerprint density at radius 1 is 1.25 bits per heavy atom. The Bertz CT molecular complexity index is 774. The number of hydrogen-bond donors (Lipinski definition) is 1. The molecular weight excluding hydrogens is 356 g/mol. The third-order valence-electron chi connectivity index (χ3n) is 7.75. The summed E-state index contributed by atoms with van der Waals surface area (Å²) in [5.41, 5.74) is 1.86. The monoisotopic (exact) mass is 386 g/mol. The van der Waals surface area contributed by atoms with Gasteiger partial charge in [0, 0.05) is 31.7 Å². The number of hydrogen-bond acceptors (Lipinski definition) is 5. The molecule has 3 fully saturated rings. The highest BCUT2D eigenvalue weighted by Crippen LogP contribution is 2.47. The van der Waals surface area contributed by atoms with Crippen molar-refractivity contribution in [2.24, 2.45) is 5.92 Å². The number of amides is 1. The predicted octanol–water partition coefficient (Wildman–Crippen LogP) is 1.98. The topological polar surface area (TPSA) is 78.5 Å². The summed E-state index contributed by atoms with van der Waals surface area (Å²) in [6, 6.07) is 0. The quantitative estimate of drug-likeness (QED) is 0.787. The van der Waals surface area contributed by atoms with E-state index in [1.165, 1.54) is 11.4 Å². The molecule has 5 rings (SSSR count). The van der Waals surface area contributed by atoms with Crippen molar-refractivity contribution in [3.05, 3.63) is 17.7 Å². The SMILES string of the molecule is CCN1CCc2[nH]cnc2C12CCN(C(=O)[C@H]1CC(=O)OC13CCCC3)CC2. The van der Waals surface area contributed by atoms with E-state index in [0.29, 0.717) is 0 Å². The number of aromatic amines is 1. The Balaban J connectivity index is 1.35. The summed E-state index contributed by atoms with van der Waals surface area (Å²) in [6.07, 6.45) is 8.66. The number of aromatic nitrogens is 2. The van der Waals surface area contributed by atoms with Gasteiger partial charge in [-0.15, -0.1) is 0 Å². The van der Waals surface area contributed by atoms with E-state index in [1.807, 2.05) is 11.2 Å². The van der Waals surface area contributed by atoms with Crippen LogP contribution in [0, 0.1) is 5.92 Å². The Labute approximate surface area is 165 Å². The van der Waals surface area contributed by atoms with Gasteiger partial charge in [0.05, 0.1) is 29.9 Å². The summed E-state index contributed by atoms with van der Waals surface area (Å²) in [4.78, 5) is 37.9. The molecule has 4 aliphatic rings. The second-order valence-electron chi connectivity index (χ2n) is 8.92. The van der Waals surface area contributed by atoms with Crippen LogP contribution in [0.4, 0.5) is 0 Å². The van der Waals surface area contributed by atoms with E-state index in [9.17, 15) is 9.59 Å². The van der Waals surface area contributed by atoms with E-state index in [4.69, 9.17) is 4.74 Å². The van der Waals surface area contributed by atoms with Crippen molar-refractivity contribution in [3.8, 4) is 0 Å². The second-order valence-corrected chi connectivity index (χ2v) is 8.92. The first-order chi connectivity index (χ1) is 13.6. The smallest absolute Gasteiger partial charge is 0.307 e. The van der Waals surface area contributed by atoms with E-state index < -0.39 is 5.60 Å². The summed E-state index contributed by atoms with van der Waals surface area (Å²) >= 11 is 0. The van der Waals surface area contributed by atoms with Crippen LogP contribution in [0.5, 0.6) is 0 Å². The van der Waals surface area contributed by atoms with Crippen LogP contribution in [0.2, 0.25) is 0 Å². The average molecular weight is 386 g/mol. The number of carbonyl (C=O) groups is 2. The lowest BCUT2D eigenvalue weighted by atomic mass is 9.78. The third kappa shape index (κ3) is 2.55. The number of ether oxygens (including phenoxy) is 1. The molecule has 4 heterocycles. The first-order valence-corrected chi connectivity index (χ1v) is 10.9. The summed E-state index contributed by atoms with van der Waals surface area (Å²) in [7, 11) is 0. The molecule has 1 saturated carbocycles. The third-order valence-corrected chi connectivity index (χ3v) is 7.75. The fourth-order valence-corrected chi connectivity index (χ4v) is 6.28. The normalized spacial score (nSPS) is 28.7. The molecule has 1 N–H and O–H groups in total. The number of imidazole rings is 1. The molecule has 0 unspecified atom stereocenters. The zero-order chi connectivity index (χ0) is 19.4. The van der Waals surface area contributed by atoms with E-state index >= 15 is 0 Å². The summed E-state index contributed by atoms with van der Waals surface area (Å²) < 4.78 is 5.71. The van der Waals surface area contributed by atoms with Crippen LogP contribution in [0.1, 0.15) is 63.3 Å². The summed E-state index contributed by atoms with van der Waals surface area (Å²) in [5, 5.41) is 0. The molecule has 1 aliphatic carbocycles. The number of nitrogens with zero attached hydrogens (tertiary/aromatic N) is 3. The number of nitrogens with one attached hydrogen (secondary N) is 1. The van der Waals surface area contributed by atoms with Crippen molar-refractivity contribution in [2.45, 2.75) is 69.4 Å². The van der Waals surface area contributed by atoms with Gasteiger partial charge in [0.25, 0.3) is 0 Å². The Morgan fingerprint density at radius 3 is 2.71 bits per heavy atom. The highest BCUT2D eigenvalue weighted by Gasteiger charge is 2.56. The van der Waals surface area contributed by atoms with Crippen LogP contribution < -0.4 is 0 Å². The zero-order valence-corrected chi connectivity index (χ0v) is 16.7. The first-order valence-electron chi connectivity index (χ1n) is 10.9. The highest BCUT2D eigenvalue weighted by molar-refractivity contribution is 5.88. The largest absolute Gasteiger partial charge is 0.458 e. The maximum atomic E-state index is 13.4. The van der Waals surface area contributed by atoms with Crippen LogP contribution in [0.15, 0.2) is 6.33 Å². The van der Waals surface area contributed by atoms with E-state index in [2.05, 4.69) is 21.8 Å². The molecule has 1 aromatic heterocycles. The summed E-state index contributed by atoms with van der Waals surface area (Å²) in [6.45, 7) is 5.69. The molecule has 152 valence electrons. The van der Waals surface area contributed by atoms with Crippen LogP contribution in [0.3, 0.4) is 0 Å². The van der Waals surface area contributed by atoms with Gasteiger partial charge >= 0.3 is 5.97 Å². The fourth-order valence-electron chi connectivity index (χ4n) is 6.28. The predicted molar refractivity (Wildman–Crippen MR) is 102 cm³/mol. The molecule has 3 aliphatic heterocycles. The number of fused-ring (bicyclic) bond motifs is 2. The molecule has 2 spiro atoms. The van der Waals surface area contributed by atoms with Gasteiger partial charge in [-0.2, -0.15) is 0 Å². The van der Waals surface area contributed by atoms with Gasteiger partial charge in [-0.25, -0.2) is 4.98 Å². The minimum atomic E-state index is -0.515. The number of esters is 1. The van der Waals surface area contributed by atoms with Crippen molar-refractivity contribution in [1.29, 1.82) is 0 Å². The Hall–Kier alpha value is -1.89. The molecule has 0 radical (unpaired) electrons. The lowest BCUT2D eigenvalue weighted by Crippen LogP contribution is -2.58. The van der Waals surface area contributed by atoms with Crippen molar-refractivity contribution < 1.29 is 14.3 Å². The molecule has 28 heavy (non-hydrogen) atoms. The molecule has 1 atom stereocenters. The standard InChI is InChI=1S/C21H30N4O3/c1-2-25-10-5-16-18(23-14-22-16)20(25)8-11-24(12-9-20)19(27)15-13-17(26)28-21(15)6-3-4-7-21/h14-15H,2-13H2,1H3,(H,22,23)/t15-/m1/s1. The molecule has 1 aromatic rings. The lowest BCUT2D eigenvalue weighted by Gasteiger charge is -2.50. The highest BCUT2D eigenvalue weighted by atomic mass is 16.6. The van der Waals surface area contributed by atoms with Crippen LogP contribution in [-0.2, 0) is 26.3 Å². The molecule has 1 amide bonds. The van der Waals surface area contributed by atoms with Crippen LogP contribution in [-0.4, -0.2) is 63.4 Å². The van der Waals surface area contributed by atoms with Crippen molar-refractivity contribution in [3.63, 3.8) is 0 Å². The van der Waals surface area contributed by atoms with Gasteiger partial charge in [-0.05, 0) is 45.1 Å². The Kier molecular flexibility index (Phi) is 4.27. The Morgan fingerprint density at radius 2 is 2.00 bits per heavy atom. The molecule has 0 aromatic carbocycles. The zero-order valence-electron chi connectivity index (χ0n) is 16.7. The van der Waals surface area contributed by atoms with Crippen LogP contribution in [0.25, 0.3) is 0 Å². The minimum absolute atomic E-state index is 0.0633. The van der Waals surface area contributed by atoms with Crippen LogP contribution >= 0.6 is 0 Å². The molecule has 7 heteroatoms.